The molecule has 1 fully saturated rings. The van der Waals surface area contributed by atoms with Crippen LogP contribution >= 0.6 is 0 Å². The van der Waals surface area contributed by atoms with Crippen molar-refractivity contribution in [2.24, 2.45) is 11.7 Å². The fourth-order valence-corrected chi connectivity index (χ4v) is 1.88. The molecular formula is C9H17NO2. The molecule has 0 bridgehead atoms. The van der Waals surface area contributed by atoms with E-state index in [-0.39, 0.29) is 0 Å². The first kappa shape index (κ1) is 8.05. The standard InChI is InChI=1S/C9H17NO2/c10-8(9(11)12)6-7-4-2-1-3-5-7/h7-8H,1-6,10H2,(H,11,12)/t8-/m0/s1/i/hD. The smallest absolute Gasteiger partial charge is 0.320 e. The van der Waals surface area contributed by atoms with E-state index in [1.807, 2.05) is 0 Å². The van der Waals surface area contributed by atoms with E-state index in [0.717, 1.165) is 0 Å². The first-order chi connectivity index (χ1) is 6.24. The van der Waals surface area contributed by atoms with Gasteiger partial charge in [0, 0.05) is 0 Å². The number of hydrogen-bond donors (Lipinski definition) is 2. The maximum absolute atomic E-state index is 10.9. The number of carboxylic acid groups (broad SMARTS) is 1. The largest absolute Gasteiger partial charge is 0.480 e. The third-order valence-corrected chi connectivity index (χ3v) is 2.61. The minimum Gasteiger partial charge on any atom is -0.480 e. The molecule has 1 saturated carbocycles. The molecule has 1 aliphatic rings. The second kappa shape index (κ2) is 4.45. The normalized spacial score (nSPS) is 22.9. The quantitative estimate of drug-likeness (QED) is 0.675. The Morgan fingerprint density at radius 3 is 2.83 bits per heavy atom. The van der Waals surface area contributed by atoms with Crippen molar-refractivity contribution in [1.29, 1.82) is 1.43 Å². The summed E-state index contributed by atoms with van der Waals surface area (Å²) in [5.74, 6) is -0.0478. The molecule has 12 heavy (non-hydrogen) atoms. The highest BCUT2D eigenvalue weighted by atomic mass is 16.4. The molecule has 0 aromatic rings. The molecule has 0 radical (unpaired) electrons. The zero-order valence-electron chi connectivity index (χ0n) is 8.29. The Bertz CT molecular complexity index is 169. The van der Waals surface area contributed by atoms with Gasteiger partial charge in [0.1, 0.15) is 6.04 Å². The summed E-state index contributed by atoms with van der Waals surface area (Å²) in [6, 6.07) is -0.597. The lowest BCUT2D eigenvalue weighted by molar-refractivity contribution is -0.139. The van der Waals surface area contributed by atoms with Crippen molar-refractivity contribution in [3.8, 4) is 0 Å². The Balaban J connectivity index is 2.25. The zero-order chi connectivity index (χ0) is 9.68. The van der Waals surface area contributed by atoms with Crippen LogP contribution in [0.25, 0.3) is 1.43 Å². The van der Waals surface area contributed by atoms with Crippen LogP contribution in [0.3, 0.4) is 0 Å². The summed E-state index contributed by atoms with van der Waals surface area (Å²) < 4.78 is 6.43. The molecule has 0 saturated heterocycles. The van der Waals surface area contributed by atoms with Gasteiger partial charge in [-0.1, -0.05) is 32.1 Å². The molecule has 3 N–H and O–H groups in total. The Hall–Kier alpha value is -0.570. The first-order valence-corrected chi connectivity index (χ1v) is 4.66. The van der Waals surface area contributed by atoms with Crippen LogP contribution in [0, 0.1) is 5.92 Å². The van der Waals surface area contributed by atoms with Crippen molar-refractivity contribution < 1.29 is 9.90 Å². The van der Waals surface area contributed by atoms with E-state index in [1.54, 1.807) is 0 Å². The Kier molecular flexibility index (Phi) is 2.99. The first-order valence-electron chi connectivity index (χ1n) is 5.07. The average Bonchev–Trinajstić information content (AvgIpc) is 2.18. The summed E-state index contributed by atoms with van der Waals surface area (Å²) in [5, 5.41) is 3.84. The molecular weight excluding hydrogens is 154 g/mol. The minimum atomic E-state index is -0.606. The summed E-state index contributed by atoms with van der Waals surface area (Å²) in [6.45, 7) is 0. The SMILES string of the molecule is [2H]OC(=O)[C@@H](N)CC1CCCCC1. The van der Waals surface area contributed by atoms with Gasteiger partial charge in [-0.25, -0.2) is 0 Å². The van der Waals surface area contributed by atoms with Gasteiger partial charge in [-0.15, -0.1) is 0 Å². The zero-order valence-corrected chi connectivity index (χ0v) is 7.29. The van der Waals surface area contributed by atoms with Crippen molar-refractivity contribution in [3.05, 3.63) is 0 Å². The minimum absolute atomic E-state index is 0.558. The van der Waals surface area contributed by atoms with Crippen LogP contribution in [0.5, 0.6) is 0 Å². The topological polar surface area (TPSA) is 63.3 Å². The second-order valence-corrected chi connectivity index (χ2v) is 3.67. The summed E-state index contributed by atoms with van der Waals surface area (Å²) >= 11 is 0. The third-order valence-electron chi connectivity index (χ3n) is 2.61. The van der Waals surface area contributed by atoms with Crippen molar-refractivity contribution in [2.75, 3.05) is 0 Å². The van der Waals surface area contributed by atoms with Crippen molar-refractivity contribution in [1.82, 2.24) is 0 Å². The van der Waals surface area contributed by atoms with Crippen molar-refractivity contribution >= 4 is 5.97 Å². The van der Waals surface area contributed by atoms with Crippen LogP contribution in [0.2, 0.25) is 0 Å². The lowest BCUT2D eigenvalue weighted by Gasteiger charge is -2.22. The number of carboxylic acids is 1. The van der Waals surface area contributed by atoms with Crippen molar-refractivity contribution in [3.63, 3.8) is 0 Å². The maximum atomic E-state index is 10.9. The summed E-state index contributed by atoms with van der Waals surface area (Å²) in [5.41, 5.74) is 5.56. The van der Waals surface area contributed by atoms with Crippen LogP contribution in [0.4, 0.5) is 0 Å². The molecule has 0 amide bonds. The van der Waals surface area contributed by atoms with Gasteiger partial charge in [0.2, 0.25) is 0 Å². The predicted octanol–water partition coefficient (Wildman–Crippen LogP) is 1.37. The maximum Gasteiger partial charge on any atom is 0.320 e. The van der Waals surface area contributed by atoms with Crippen LogP contribution in [0.15, 0.2) is 0 Å². The van der Waals surface area contributed by atoms with E-state index in [1.165, 1.54) is 32.1 Å². The summed E-state index contributed by atoms with van der Waals surface area (Å²) in [4.78, 5) is 10.9. The summed E-state index contributed by atoms with van der Waals surface area (Å²) in [6.07, 6.45) is 6.80. The van der Waals surface area contributed by atoms with Gasteiger partial charge < -0.3 is 10.8 Å². The molecule has 0 aromatic carbocycles. The van der Waals surface area contributed by atoms with Crippen molar-refractivity contribution in [2.45, 2.75) is 44.6 Å². The van der Waals surface area contributed by atoms with E-state index in [4.69, 9.17) is 7.16 Å². The van der Waals surface area contributed by atoms with Gasteiger partial charge in [0.25, 0.3) is 1.43 Å². The lowest BCUT2D eigenvalue weighted by atomic mass is 9.85. The van der Waals surface area contributed by atoms with E-state index in [0.29, 0.717) is 12.3 Å². The predicted molar refractivity (Wildman–Crippen MR) is 46.8 cm³/mol. The van der Waals surface area contributed by atoms with Gasteiger partial charge in [-0.05, 0) is 12.3 Å². The van der Waals surface area contributed by atoms with Gasteiger partial charge in [0.15, 0.2) is 0 Å². The number of carbonyl (C=O) groups is 1. The third kappa shape index (κ3) is 2.81. The number of aliphatic carboxylic acids is 1. The lowest BCUT2D eigenvalue weighted by Crippen LogP contribution is -2.32. The summed E-state index contributed by atoms with van der Waals surface area (Å²) in [7, 11) is 0. The average molecular weight is 172 g/mol. The molecule has 1 rings (SSSR count). The number of nitrogens with two attached hydrogens (primary N) is 1. The second-order valence-electron chi connectivity index (χ2n) is 3.67. The molecule has 0 aromatic heterocycles. The molecule has 0 unspecified atom stereocenters. The molecule has 3 heteroatoms. The molecule has 0 heterocycles. The Morgan fingerprint density at radius 1 is 1.58 bits per heavy atom. The molecule has 0 aliphatic heterocycles. The molecule has 70 valence electrons. The van der Waals surface area contributed by atoms with Gasteiger partial charge >= 0.3 is 5.97 Å². The molecule has 0 spiro atoms. The van der Waals surface area contributed by atoms with Gasteiger partial charge in [0.05, 0.1) is 0 Å². The number of hydrogen-bond acceptors (Lipinski definition) is 3. The van der Waals surface area contributed by atoms with E-state index >= 15 is 0 Å². The monoisotopic (exact) mass is 172 g/mol. The van der Waals surface area contributed by atoms with E-state index < -0.39 is 12.0 Å². The van der Waals surface area contributed by atoms with Gasteiger partial charge in [-0.3, -0.25) is 4.79 Å². The van der Waals surface area contributed by atoms with Crippen LogP contribution < -0.4 is 5.73 Å². The van der Waals surface area contributed by atoms with Gasteiger partial charge in [-0.2, -0.15) is 0 Å². The fraction of sp³-hybridized carbons (Fsp3) is 0.889. The Labute approximate surface area is 74.4 Å². The molecule has 3 nitrogen and oxygen atoms in total. The van der Waals surface area contributed by atoms with Crippen LogP contribution in [-0.2, 0) is 4.79 Å². The highest BCUT2D eigenvalue weighted by molar-refractivity contribution is 5.73. The highest BCUT2D eigenvalue weighted by Crippen LogP contribution is 2.26. The highest BCUT2D eigenvalue weighted by Gasteiger charge is 2.20. The fourth-order valence-electron chi connectivity index (χ4n) is 1.88. The van der Waals surface area contributed by atoms with Crippen LogP contribution in [0.1, 0.15) is 38.5 Å². The van der Waals surface area contributed by atoms with Crippen LogP contribution in [-0.4, -0.2) is 17.1 Å². The van der Waals surface area contributed by atoms with E-state index in [2.05, 4.69) is 5.11 Å². The Morgan fingerprint density at radius 2 is 2.25 bits per heavy atom. The number of rotatable bonds is 3. The molecule has 1 atom stereocenters. The molecule has 1 aliphatic carbocycles. The van der Waals surface area contributed by atoms with E-state index in [9.17, 15) is 4.79 Å².